The van der Waals surface area contributed by atoms with Gasteiger partial charge in [0.05, 0.1) is 14.2 Å². The van der Waals surface area contributed by atoms with E-state index in [0.29, 0.717) is 35.0 Å². The van der Waals surface area contributed by atoms with Crippen LogP contribution in [0.3, 0.4) is 0 Å². The number of cyclic esters (lactones) is 1. The van der Waals surface area contributed by atoms with Crippen LogP contribution in [-0.2, 0) is 9.53 Å². The van der Waals surface area contributed by atoms with E-state index in [-0.39, 0.29) is 11.6 Å². The molecule has 0 saturated carbocycles. The predicted octanol–water partition coefficient (Wildman–Crippen LogP) is 3.61. The quantitative estimate of drug-likeness (QED) is 0.426. The van der Waals surface area contributed by atoms with Gasteiger partial charge >= 0.3 is 5.97 Å². The van der Waals surface area contributed by atoms with Crippen LogP contribution in [0.15, 0.2) is 65.8 Å². The Morgan fingerprint density at radius 3 is 2.70 bits per heavy atom. The van der Waals surface area contributed by atoms with Gasteiger partial charge in [-0.25, -0.2) is 9.79 Å². The molecule has 6 heteroatoms. The Kier molecular flexibility index (Phi) is 5.56. The molecule has 1 aliphatic rings. The zero-order chi connectivity index (χ0) is 19.2. The lowest BCUT2D eigenvalue weighted by atomic mass is 10.1. The first-order chi connectivity index (χ1) is 13.2. The maximum absolute atomic E-state index is 12.3. The second kappa shape index (κ2) is 8.23. The van der Waals surface area contributed by atoms with Gasteiger partial charge in [-0.3, -0.25) is 0 Å². The van der Waals surface area contributed by atoms with Gasteiger partial charge in [-0.1, -0.05) is 30.9 Å². The predicted molar refractivity (Wildman–Crippen MR) is 102 cm³/mol. The van der Waals surface area contributed by atoms with Crippen molar-refractivity contribution in [2.75, 3.05) is 20.8 Å². The Morgan fingerprint density at radius 1 is 1.15 bits per heavy atom. The standard InChI is InChI=1S/C21H19NO5/c1-4-11-26-19-14(7-6-10-18(19)25-3)13-17-21(23)27-20(22-17)15-8-5-9-16(12-15)24-2/h4-10,12-13H,1,11H2,2-3H3/b17-13+. The van der Waals surface area contributed by atoms with Crippen molar-refractivity contribution in [2.45, 2.75) is 0 Å². The van der Waals surface area contributed by atoms with Gasteiger partial charge in [-0.05, 0) is 30.3 Å². The van der Waals surface area contributed by atoms with E-state index in [9.17, 15) is 4.79 Å². The maximum atomic E-state index is 12.3. The van der Waals surface area contributed by atoms with Gasteiger partial charge in [0.15, 0.2) is 17.2 Å². The van der Waals surface area contributed by atoms with E-state index >= 15 is 0 Å². The molecule has 0 fully saturated rings. The first-order valence-electron chi connectivity index (χ1n) is 8.24. The molecule has 0 spiro atoms. The van der Waals surface area contributed by atoms with E-state index in [4.69, 9.17) is 18.9 Å². The topological polar surface area (TPSA) is 66.3 Å². The van der Waals surface area contributed by atoms with Crippen LogP contribution in [0.2, 0.25) is 0 Å². The lowest BCUT2D eigenvalue weighted by Crippen LogP contribution is -2.05. The highest BCUT2D eigenvalue weighted by atomic mass is 16.6. The number of methoxy groups -OCH3 is 2. The molecule has 1 heterocycles. The van der Waals surface area contributed by atoms with E-state index in [1.165, 1.54) is 0 Å². The van der Waals surface area contributed by atoms with E-state index in [1.807, 2.05) is 0 Å². The van der Waals surface area contributed by atoms with Gasteiger partial charge in [0.1, 0.15) is 12.4 Å². The summed E-state index contributed by atoms with van der Waals surface area (Å²) in [6, 6.07) is 12.5. The zero-order valence-electron chi connectivity index (χ0n) is 15.1. The number of para-hydroxylation sites is 1. The third-order valence-electron chi connectivity index (χ3n) is 3.80. The molecule has 0 atom stereocenters. The number of hydrogen-bond donors (Lipinski definition) is 0. The van der Waals surface area contributed by atoms with E-state index in [0.717, 1.165) is 0 Å². The minimum absolute atomic E-state index is 0.171. The van der Waals surface area contributed by atoms with Crippen molar-refractivity contribution in [1.82, 2.24) is 0 Å². The minimum Gasteiger partial charge on any atom is -0.497 e. The van der Waals surface area contributed by atoms with Crippen molar-refractivity contribution in [3.63, 3.8) is 0 Å². The number of benzene rings is 2. The van der Waals surface area contributed by atoms with Gasteiger partial charge in [0.25, 0.3) is 0 Å². The Morgan fingerprint density at radius 2 is 1.96 bits per heavy atom. The molecule has 138 valence electrons. The van der Waals surface area contributed by atoms with Gasteiger partial charge in [0.2, 0.25) is 5.90 Å². The molecule has 0 radical (unpaired) electrons. The van der Waals surface area contributed by atoms with Gasteiger partial charge < -0.3 is 18.9 Å². The van der Waals surface area contributed by atoms with Gasteiger partial charge in [0, 0.05) is 11.1 Å². The highest BCUT2D eigenvalue weighted by molar-refractivity contribution is 6.13. The number of carbonyl (C=O) groups is 1. The molecule has 0 aromatic heterocycles. The molecule has 0 amide bonds. The molecular weight excluding hydrogens is 346 g/mol. The van der Waals surface area contributed by atoms with E-state index in [1.54, 1.807) is 68.8 Å². The second-order valence-corrected chi connectivity index (χ2v) is 5.55. The van der Waals surface area contributed by atoms with E-state index < -0.39 is 5.97 Å². The molecule has 3 rings (SSSR count). The number of hydrogen-bond acceptors (Lipinski definition) is 6. The summed E-state index contributed by atoms with van der Waals surface area (Å²) in [7, 11) is 3.12. The Labute approximate surface area is 157 Å². The highest BCUT2D eigenvalue weighted by Crippen LogP contribution is 2.33. The van der Waals surface area contributed by atoms with Crippen LogP contribution in [0, 0.1) is 0 Å². The summed E-state index contributed by atoms with van der Waals surface area (Å²) in [6.45, 7) is 3.95. The minimum atomic E-state index is -0.537. The zero-order valence-corrected chi connectivity index (χ0v) is 15.1. The van der Waals surface area contributed by atoms with Crippen LogP contribution >= 0.6 is 0 Å². The Bertz CT molecular complexity index is 930. The van der Waals surface area contributed by atoms with E-state index in [2.05, 4.69) is 11.6 Å². The highest BCUT2D eigenvalue weighted by Gasteiger charge is 2.25. The largest absolute Gasteiger partial charge is 0.497 e. The lowest BCUT2D eigenvalue weighted by molar-refractivity contribution is -0.129. The molecule has 2 aromatic rings. The van der Waals surface area contributed by atoms with Gasteiger partial charge in [-0.2, -0.15) is 0 Å². The van der Waals surface area contributed by atoms with Crippen molar-refractivity contribution in [3.05, 3.63) is 71.9 Å². The molecule has 0 aliphatic carbocycles. The summed E-state index contributed by atoms with van der Waals surface area (Å²) in [5.74, 6) is 1.39. The van der Waals surface area contributed by atoms with Crippen molar-refractivity contribution in [2.24, 2.45) is 4.99 Å². The number of nitrogens with zero attached hydrogens (tertiary/aromatic N) is 1. The van der Waals surface area contributed by atoms with Crippen LogP contribution in [0.1, 0.15) is 11.1 Å². The molecule has 1 aliphatic heterocycles. The average molecular weight is 365 g/mol. The summed E-state index contributed by atoms with van der Waals surface area (Å²) in [5.41, 5.74) is 1.48. The Hall–Kier alpha value is -3.54. The summed E-state index contributed by atoms with van der Waals surface area (Å²) in [6.07, 6.45) is 3.24. The number of carbonyl (C=O) groups excluding carboxylic acids is 1. The van der Waals surface area contributed by atoms with Crippen LogP contribution in [-0.4, -0.2) is 32.7 Å². The molecular formula is C21H19NO5. The molecule has 0 unspecified atom stereocenters. The number of aliphatic imine (C=N–C) groups is 1. The molecule has 2 aromatic carbocycles. The second-order valence-electron chi connectivity index (χ2n) is 5.55. The summed E-state index contributed by atoms with van der Waals surface area (Å²) in [5, 5.41) is 0. The monoisotopic (exact) mass is 365 g/mol. The fourth-order valence-corrected chi connectivity index (χ4v) is 2.54. The lowest BCUT2D eigenvalue weighted by Gasteiger charge is -2.12. The van der Waals surface area contributed by atoms with Crippen molar-refractivity contribution >= 4 is 17.9 Å². The molecule has 0 saturated heterocycles. The van der Waals surface area contributed by atoms with Crippen molar-refractivity contribution < 1.29 is 23.7 Å². The van der Waals surface area contributed by atoms with Crippen LogP contribution < -0.4 is 14.2 Å². The van der Waals surface area contributed by atoms with Gasteiger partial charge in [-0.15, -0.1) is 0 Å². The number of rotatable bonds is 7. The summed E-state index contributed by atoms with van der Waals surface area (Å²) >= 11 is 0. The van der Waals surface area contributed by atoms with Crippen molar-refractivity contribution in [3.8, 4) is 17.2 Å². The first kappa shape index (κ1) is 18.3. The smallest absolute Gasteiger partial charge is 0.363 e. The van der Waals surface area contributed by atoms with Crippen molar-refractivity contribution in [1.29, 1.82) is 0 Å². The first-order valence-corrected chi connectivity index (χ1v) is 8.24. The molecule has 27 heavy (non-hydrogen) atoms. The fraction of sp³-hybridized carbons (Fsp3) is 0.143. The molecule has 0 bridgehead atoms. The normalized spacial score (nSPS) is 14.5. The van der Waals surface area contributed by atoms with Crippen LogP contribution in [0.5, 0.6) is 17.2 Å². The van der Waals surface area contributed by atoms with Crippen LogP contribution in [0.25, 0.3) is 6.08 Å². The molecule has 0 N–H and O–H groups in total. The summed E-state index contributed by atoms with van der Waals surface area (Å²) < 4.78 is 21.5. The summed E-state index contributed by atoms with van der Waals surface area (Å²) in [4.78, 5) is 16.6. The third kappa shape index (κ3) is 4.00. The fourth-order valence-electron chi connectivity index (χ4n) is 2.54. The number of esters is 1. The molecule has 6 nitrogen and oxygen atoms in total. The van der Waals surface area contributed by atoms with Crippen LogP contribution in [0.4, 0.5) is 0 Å². The number of ether oxygens (including phenoxy) is 4. The average Bonchev–Trinajstić information content (AvgIpc) is 3.07. The maximum Gasteiger partial charge on any atom is 0.363 e. The third-order valence-corrected chi connectivity index (χ3v) is 3.80. The Balaban J connectivity index is 1.98. The SMILES string of the molecule is C=CCOc1c(/C=C2/N=C(c3cccc(OC)c3)OC2=O)cccc1OC.